The molecule has 2 N–H and O–H groups in total. The van der Waals surface area contributed by atoms with E-state index in [2.05, 4.69) is 33.6 Å². The van der Waals surface area contributed by atoms with Crippen LogP contribution in [0.25, 0.3) is 11.4 Å². The van der Waals surface area contributed by atoms with Crippen LogP contribution in [0.15, 0.2) is 36.7 Å². The van der Waals surface area contributed by atoms with Crippen molar-refractivity contribution in [2.75, 3.05) is 32.9 Å². The summed E-state index contributed by atoms with van der Waals surface area (Å²) in [6.07, 6.45) is 6.88. The normalized spacial score (nSPS) is 23.3. The second kappa shape index (κ2) is 11.1. The molecule has 2 saturated heterocycles. The molecule has 0 spiro atoms. The van der Waals surface area contributed by atoms with Crippen LogP contribution in [0.5, 0.6) is 5.75 Å². The lowest BCUT2D eigenvalue weighted by Crippen LogP contribution is -2.46. The molecule has 164 valence electrons. The molecule has 0 amide bonds. The quantitative estimate of drug-likeness (QED) is 0.668. The number of nitrogens with zero attached hydrogens (tertiary/aromatic N) is 3. The zero-order valence-electron chi connectivity index (χ0n) is 17.4. The van der Waals surface area contributed by atoms with Crippen molar-refractivity contribution in [3.05, 3.63) is 36.7 Å². The van der Waals surface area contributed by atoms with Crippen molar-refractivity contribution in [3.8, 4) is 17.1 Å². The highest BCUT2D eigenvalue weighted by Crippen LogP contribution is 2.36. The molecule has 2 fully saturated rings. The van der Waals surface area contributed by atoms with E-state index in [1.165, 1.54) is 0 Å². The zero-order valence-corrected chi connectivity index (χ0v) is 17.4. The fraction of sp³-hybridized carbons (Fsp3) is 0.545. The van der Waals surface area contributed by atoms with Crippen LogP contribution < -0.4 is 4.74 Å². The maximum Gasteiger partial charge on any atom is 0.290 e. The molecule has 1 aromatic carbocycles. The van der Waals surface area contributed by atoms with Crippen molar-refractivity contribution in [2.24, 2.45) is 0 Å². The van der Waals surface area contributed by atoms with E-state index in [1.54, 1.807) is 0 Å². The van der Waals surface area contributed by atoms with E-state index in [0.717, 1.165) is 49.7 Å². The highest BCUT2D eigenvalue weighted by Gasteiger charge is 2.38. The summed E-state index contributed by atoms with van der Waals surface area (Å²) >= 11 is 0. The molecule has 4 rings (SSSR count). The highest BCUT2D eigenvalue weighted by molar-refractivity contribution is 5.64. The molecule has 30 heavy (non-hydrogen) atoms. The van der Waals surface area contributed by atoms with Crippen LogP contribution >= 0.6 is 0 Å². The largest absolute Gasteiger partial charge is 0.493 e. The molecule has 2 aliphatic rings. The summed E-state index contributed by atoms with van der Waals surface area (Å²) in [6.45, 7) is 5.42. The Hall–Kier alpha value is -2.42. The van der Waals surface area contributed by atoms with E-state index >= 15 is 0 Å². The number of imidazole rings is 1. The summed E-state index contributed by atoms with van der Waals surface area (Å²) in [5.74, 6) is 1.87. The fourth-order valence-electron chi connectivity index (χ4n) is 4.24. The second-order valence-electron chi connectivity index (χ2n) is 7.57. The molecule has 3 atom stereocenters. The minimum Gasteiger partial charge on any atom is -0.493 e. The van der Waals surface area contributed by atoms with Crippen LogP contribution in [0.2, 0.25) is 0 Å². The van der Waals surface area contributed by atoms with Gasteiger partial charge in [-0.05, 0) is 31.4 Å². The Labute approximate surface area is 177 Å². The van der Waals surface area contributed by atoms with Gasteiger partial charge in [-0.2, -0.15) is 0 Å². The number of morpholine rings is 1. The number of aliphatic hydroxyl groups excluding tert-OH is 1. The van der Waals surface area contributed by atoms with E-state index in [4.69, 9.17) is 19.4 Å². The third kappa shape index (κ3) is 5.19. The van der Waals surface area contributed by atoms with E-state index in [9.17, 15) is 5.11 Å². The molecular formula is C22H31N3O5. The summed E-state index contributed by atoms with van der Waals surface area (Å²) in [6, 6.07) is 8.99. The van der Waals surface area contributed by atoms with Gasteiger partial charge in [0.2, 0.25) is 0 Å². The first-order chi connectivity index (χ1) is 14.7. The number of rotatable bonds is 7. The number of hydrogen-bond donors (Lipinski definition) is 2. The van der Waals surface area contributed by atoms with Crippen molar-refractivity contribution >= 4 is 6.47 Å². The van der Waals surface area contributed by atoms with Crippen LogP contribution in [0.1, 0.15) is 32.2 Å². The number of carboxylic acid groups (broad SMARTS) is 1. The lowest BCUT2D eigenvalue weighted by molar-refractivity contribution is -0.122. The Bertz CT molecular complexity index is 797. The van der Waals surface area contributed by atoms with Crippen LogP contribution in [0.4, 0.5) is 0 Å². The first kappa shape index (κ1) is 22.3. The van der Waals surface area contributed by atoms with E-state index < -0.39 is 0 Å². The fourth-order valence-corrected chi connectivity index (χ4v) is 4.24. The molecule has 0 bridgehead atoms. The van der Waals surface area contributed by atoms with Gasteiger partial charge < -0.3 is 24.3 Å². The molecule has 8 heteroatoms. The van der Waals surface area contributed by atoms with Gasteiger partial charge in [0, 0.05) is 44.2 Å². The number of carbonyl (C=O) groups is 1. The number of fused-ring (bicyclic) bond motifs is 1. The molecule has 0 unspecified atom stereocenters. The summed E-state index contributed by atoms with van der Waals surface area (Å²) < 4.78 is 14.2. The summed E-state index contributed by atoms with van der Waals surface area (Å²) in [4.78, 5) is 15.5. The predicted molar refractivity (Wildman–Crippen MR) is 113 cm³/mol. The lowest BCUT2D eigenvalue weighted by atomic mass is 10.1. The number of para-hydroxylation sites is 1. The van der Waals surface area contributed by atoms with Crippen molar-refractivity contribution < 1.29 is 24.5 Å². The first-order valence-electron chi connectivity index (χ1n) is 10.5. The van der Waals surface area contributed by atoms with Crippen molar-refractivity contribution in [2.45, 2.75) is 44.4 Å². The van der Waals surface area contributed by atoms with E-state index in [-0.39, 0.29) is 19.2 Å². The van der Waals surface area contributed by atoms with Crippen molar-refractivity contribution in [1.29, 1.82) is 0 Å². The maximum atomic E-state index is 9.19. The first-order valence-corrected chi connectivity index (χ1v) is 10.5. The Kier molecular flexibility index (Phi) is 8.24. The van der Waals surface area contributed by atoms with Gasteiger partial charge >= 0.3 is 0 Å². The van der Waals surface area contributed by atoms with Gasteiger partial charge in [-0.3, -0.25) is 9.69 Å². The monoisotopic (exact) mass is 417 g/mol. The Morgan fingerprint density at radius 2 is 2.10 bits per heavy atom. The molecule has 0 saturated carbocycles. The van der Waals surface area contributed by atoms with Crippen molar-refractivity contribution in [3.63, 3.8) is 0 Å². The Morgan fingerprint density at radius 1 is 1.30 bits per heavy atom. The smallest absolute Gasteiger partial charge is 0.290 e. The van der Waals surface area contributed by atoms with Crippen LogP contribution in [-0.2, 0) is 9.53 Å². The van der Waals surface area contributed by atoms with Gasteiger partial charge in [-0.1, -0.05) is 19.1 Å². The molecule has 1 aromatic heterocycles. The molecule has 2 aromatic rings. The number of hydrogen-bond acceptors (Lipinski definition) is 6. The number of aliphatic hydroxyl groups is 1. The molecule has 2 aliphatic heterocycles. The molecule has 8 nitrogen and oxygen atoms in total. The Morgan fingerprint density at radius 3 is 2.87 bits per heavy atom. The SMILES string of the molecule is CCCOc1ccccc1-c1nccn1[C@H]1C[C@H]2CO[C@@H](CCO)CN2C1.O=CO. The minimum atomic E-state index is -0.250. The highest BCUT2D eigenvalue weighted by atomic mass is 16.5. The van der Waals surface area contributed by atoms with Crippen LogP contribution in [0, 0.1) is 0 Å². The minimum absolute atomic E-state index is 0.149. The maximum absolute atomic E-state index is 9.19. The molecule has 0 radical (unpaired) electrons. The van der Waals surface area contributed by atoms with Gasteiger partial charge in [-0.25, -0.2) is 4.98 Å². The zero-order chi connectivity index (χ0) is 21.3. The second-order valence-corrected chi connectivity index (χ2v) is 7.57. The lowest BCUT2D eigenvalue weighted by Gasteiger charge is -2.34. The summed E-state index contributed by atoms with van der Waals surface area (Å²) in [5.41, 5.74) is 1.05. The van der Waals surface area contributed by atoms with Crippen LogP contribution in [0.3, 0.4) is 0 Å². The molecule has 3 heterocycles. The average Bonchev–Trinajstić information content (AvgIpc) is 3.39. The third-order valence-electron chi connectivity index (χ3n) is 5.57. The van der Waals surface area contributed by atoms with Crippen LogP contribution in [-0.4, -0.2) is 76.2 Å². The predicted octanol–water partition coefficient (Wildman–Crippen LogP) is 2.44. The van der Waals surface area contributed by atoms with Crippen molar-refractivity contribution in [1.82, 2.24) is 14.5 Å². The number of aromatic nitrogens is 2. The van der Waals surface area contributed by atoms with Gasteiger partial charge in [0.1, 0.15) is 11.6 Å². The van der Waals surface area contributed by atoms with Gasteiger partial charge in [0.15, 0.2) is 0 Å². The molecule has 0 aliphatic carbocycles. The topological polar surface area (TPSA) is 97.1 Å². The Balaban J connectivity index is 0.000000806. The molecular weight excluding hydrogens is 386 g/mol. The van der Waals surface area contributed by atoms with Gasteiger partial charge in [0.25, 0.3) is 6.47 Å². The summed E-state index contributed by atoms with van der Waals surface area (Å²) in [5, 5.41) is 16.1. The number of benzene rings is 1. The van der Waals surface area contributed by atoms with Gasteiger partial charge in [0.05, 0.1) is 24.9 Å². The standard InChI is InChI=1S/C21H29N3O3.CH2O2/c1-2-11-26-20-6-4-3-5-19(20)21-22-8-9-24(21)16-12-17-15-27-18(7-10-25)14-23(17)13-16;2-1-3/h3-6,8-9,16-18,25H,2,7,10-15H2,1H3;1H,(H,2,3)/t16-,17-,18-;/m0./s1. The van der Waals surface area contributed by atoms with E-state index in [1.807, 2.05) is 24.4 Å². The third-order valence-corrected chi connectivity index (χ3v) is 5.57. The van der Waals surface area contributed by atoms with Gasteiger partial charge in [-0.15, -0.1) is 0 Å². The number of ether oxygens (including phenoxy) is 2. The summed E-state index contributed by atoms with van der Waals surface area (Å²) in [7, 11) is 0. The average molecular weight is 418 g/mol. The van der Waals surface area contributed by atoms with E-state index in [0.29, 0.717) is 25.1 Å².